The first-order valence-corrected chi connectivity index (χ1v) is 6.38. The molecule has 0 amide bonds. The number of carbonyl (C=O) groups is 1. The van der Waals surface area contributed by atoms with Gasteiger partial charge in [0, 0.05) is 17.2 Å². The van der Waals surface area contributed by atoms with E-state index in [1.54, 1.807) is 14.0 Å². The minimum Gasteiger partial charge on any atom is -0.496 e. The molecular weight excluding hydrogens is 246 g/mol. The summed E-state index contributed by atoms with van der Waals surface area (Å²) in [6.07, 6.45) is 1.51. The Balaban J connectivity index is 2.14. The molecule has 5 heteroatoms. The molecule has 0 saturated heterocycles. The highest BCUT2D eigenvalue weighted by Crippen LogP contribution is 2.36. The Morgan fingerprint density at radius 2 is 1.95 bits per heavy atom. The van der Waals surface area contributed by atoms with Crippen LogP contribution < -0.4 is 15.2 Å². The van der Waals surface area contributed by atoms with Gasteiger partial charge in [0.2, 0.25) is 0 Å². The fourth-order valence-electron chi connectivity index (χ4n) is 2.36. The number of methoxy groups -OCH3 is 1. The summed E-state index contributed by atoms with van der Waals surface area (Å²) in [6.45, 7) is 2.04. The molecule has 1 aromatic carbocycles. The third kappa shape index (κ3) is 2.98. The van der Waals surface area contributed by atoms with Crippen molar-refractivity contribution in [2.24, 2.45) is 5.73 Å². The second kappa shape index (κ2) is 5.93. The summed E-state index contributed by atoms with van der Waals surface area (Å²) in [4.78, 5) is 11.3. The van der Waals surface area contributed by atoms with Crippen molar-refractivity contribution in [3.63, 3.8) is 0 Å². The van der Waals surface area contributed by atoms with Crippen LogP contribution in [0, 0.1) is 0 Å². The number of benzene rings is 1. The standard InChI is InChI=1S/C14H19NO4/c1-3-18-14(16)8-19-13-5-4-12(17-2)10-6-9(15)7-11(10)13/h4-5,9H,3,6-8,15H2,1-2H3. The second-order valence-corrected chi connectivity index (χ2v) is 4.49. The molecule has 0 aliphatic heterocycles. The van der Waals surface area contributed by atoms with E-state index in [0.717, 1.165) is 29.7 Å². The van der Waals surface area contributed by atoms with Gasteiger partial charge in [-0.1, -0.05) is 0 Å². The maximum Gasteiger partial charge on any atom is 0.344 e. The largest absolute Gasteiger partial charge is 0.496 e. The molecule has 0 aromatic heterocycles. The van der Waals surface area contributed by atoms with Crippen LogP contribution in [0.4, 0.5) is 0 Å². The third-order valence-electron chi connectivity index (χ3n) is 3.15. The highest BCUT2D eigenvalue weighted by molar-refractivity contribution is 5.71. The van der Waals surface area contributed by atoms with Crippen LogP contribution in [0.3, 0.4) is 0 Å². The molecule has 19 heavy (non-hydrogen) atoms. The van der Waals surface area contributed by atoms with Gasteiger partial charge in [0.05, 0.1) is 13.7 Å². The molecule has 1 aromatic rings. The van der Waals surface area contributed by atoms with E-state index in [1.807, 2.05) is 12.1 Å². The van der Waals surface area contributed by atoms with E-state index in [2.05, 4.69) is 0 Å². The number of rotatable bonds is 5. The van der Waals surface area contributed by atoms with E-state index < -0.39 is 0 Å². The van der Waals surface area contributed by atoms with E-state index in [9.17, 15) is 4.79 Å². The average Bonchev–Trinajstić information content (AvgIpc) is 2.77. The van der Waals surface area contributed by atoms with Gasteiger partial charge in [-0.3, -0.25) is 0 Å². The quantitative estimate of drug-likeness (QED) is 0.806. The lowest BCUT2D eigenvalue weighted by Crippen LogP contribution is -2.19. The van der Waals surface area contributed by atoms with E-state index in [-0.39, 0.29) is 18.6 Å². The molecule has 1 aliphatic rings. The molecule has 0 spiro atoms. The molecule has 0 saturated carbocycles. The zero-order valence-electron chi connectivity index (χ0n) is 11.3. The predicted molar refractivity (Wildman–Crippen MR) is 70.5 cm³/mol. The van der Waals surface area contributed by atoms with Gasteiger partial charge in [-0.15, -0.1) is 0 Å². The molecule has 2 rings (SSSR count). The SMILES string of the molecule is CCOC(=O)COc1ccc(OC)c2c1CC(N)C2. The lowest BCUT2D eigenvalue weighted by Gasteiger charge is -2.12. The summed E-state index contributed by atoms with van der Waals surface area (Å²) >= 11 is 0. The van der Waals surface area contributed by atoms with Gasteiger partial charge < -0.3 is 19.9 Å². The van der Waals surface area contributed by atoms with Gasteiger partial charge in [0.25, 0.3) is 0 Å². The topological polar surface area (TPSA) is 70.8 Å². The third-order valence-corrected chi connectivity index (χ3v) is 3.15. The lowest BCUT2D eigenvalue weighted by molar-refractivity contribution is -0.145. The van der Waals surface area contributed by atoms with Crippen molar-refractivity contribution in [3.8, 4) is 11.5 Å². The van der Waals surface area contributed by atoms with E-state index in [4.69, 9.17) is 19.9 Å². The van der Waals surface area contributed by atoms with Gasteiger partial charge in [-0.2, -0.15) is 0 Å². The Hall–Kier alpha value is -1.75. The first kappa shape index (κ1) is 13.7. The zero-order chi connectivity index (χ0) is 13.8. The summed E-state index contributed by atoms with van der Waals surface area (Å²) < 4.78 is 15.7. The Morgan fingerprint density at radius 3 is 2.58 bits per heavy atom. The van der Waals surface area contributed by atoms with Gasteiger partial charge in [-0.25, -0.2) is 4.79 Å². The van der Waals surface area contributed by atoms with E-state index in [0.29, 0.717) is 12.4 Å². The van der Waals surface area contributed by atoms with Crippen LogP contribution in [0.5, 0.6) is 11.5 Å². The number of carbonyl (C=O) groups excluding carboxylic acids is 1. The summed E-state index contributed by atoms with van der Waals surface area (Å²) in [5.41, 5.74) is 8.10. The minimum atomic E-state index is -0.366. The summed E-state index contributed by atoms with van der Waals surface area (Å²) in [5, 5.41) is 0. The molecule has 0 fully saturated rings. The fraction of sp³-hybridized carbons (Fsp3) is 0.500. The average molecular weight is 265 g/mol. The molecule has 104 valence electrons. The molecule has 0 bridgehead atoms. The summed E-state index contributed by atoms with van der Waals surface area (Å²) in [7, 11) is 1.64. The van der Waals surface area contributed by atoms with Crippen molar-refractivity contribution in [1.82, 2.24) is 0 Å². The maximum absolute atomic E-state index is 11.3. The molecule has 1 unspecified atom stereocenters. The second-order valence-electron chi connectivity index (χ2n) is 4.49. The Labute approximate surface area is 112 Å². The van der Waals surface area contributed by atoms with Gasteiger partial charge in [0.1, 0.15) is 11.5 Å². The number of esters is 1. The van der Waals surface area contributed by atoms with Crippen molar-refractivity contribution < 1.29 is 19.0 Å². The van der Waals surface area contributed by atoms with E-state index in [1.165, 1.54) is 0 Å². The van der Waals surface area contributed by atoms with Crippen LogP contribution in [-0.4, -0.2) is 32.3 Å². The Bertz CT molecular complexity index is 473. The molecule has 5 nitrogen and oxygen atoms in total. The monoisotopic (exact) mass is 265 g/mol. The summed E-state index contributed by atoms with van der Waals surface area (Å²) in [5.74, 6) is 1.15. The first-order valence-electron chi connectivity index (χ1n) is 6.38. The molecule has 2 N–H and O–H groups in total. The molecular formula is C14H19NO4. The van der Waals surface area contributed by atoms with E-state index >= 15 is 0 Å². The van der Waals surface area contributed by atoms with Crippen LogP contribution in [0.25, 0.3) is 0 Å². The Kier molecular flexibility index (Phi) is 4.27. The molecule has 1 aliphatic carbocycles. The van der Waals surface area contributed by atoms with Crippen LogP contribution in [0.1, 0.15) is 18.1 Å². The first-order chi connectivity index (χ1) is 9.15. The number of hydrogen-bond donors (Lipinski definition) is 1. The van der Waals surface area contributed by atoms with Gasteiger partial charge in [0.15, 0.2) is 6.61 Å². The van der Waals surface area contributed by atoms with Gasteiger partial charge >= 0.3 is 5.97 Å². The number of nitrogens with two attached hydrogens (primary N) is 1. The van der Waals surface area contributed by atoms with Crippen molar-refractivity contribution in [1.29, 1.82) is 0 Å². The van der Waals surface area contributed by atoms with Gasteiger partial charge in [-0.05, 0) is 31.9 Å². The van der Waals surface area contributed by atoms with Crippen LogP contribution in [0.2, 0.25) is 0 Å². The number of hydrogen-bond acceptors (Lipinski definition) is 5. The highest BCUT2D eigenvalue weighted by Gasteiger charge is 2.25. The van der Waals surface area contributed by atoms with Crippen LogP contribution >= 0.6 is 0 Å². The maximum atomic E-state index is 11.3. The van der Waals surface area contributed by atoms with Crippen molar-refractivity contribution in [2.45, 2.75) is 25.8 Å². The Morgan fingerprint density at radius 1 is 1.32 bits per heavy atom. The fourth-order valence-corrected chi connectivity index (χ4v) is 2.36. The van der Waals surface area contributed by atoms with Crippen LogP contribution in [-0.2, 0) is 22.4 Å². The minimum absolute atomic E-state index is 0.0799. The van der Waals surface area contributed by atoms with Crippen LogP contribution in [0.15, 0.2) is 12.1 Å². The number of ether oxygens (including phenoxy) is 3. The number of fused-ring (bicyclic) bond motifs is 1. The molecule has 0 heterocycles. The van der Waals surface area contributed by atoms with Crippen molar-refractivity contribution in [3.05, 3.63) is 23.3 Å². The molecule has 0 radical (unpaired) electrons. The summed E-state index contributed by atoms with van der Waals surface area (Å²) in [6, 6.07) is 3.74. The van der Waals surface area contributed by atoms with Crippen molar-refractivity contribution >= 4 is 5.97 Å². The smallest absolute Gasteiger partial charge is 0.344 e. The zero-order valence-corrected chi connectivity index (χ0v) is 11.3. The normalized spacial score (nSPS) is 16.9. The predicted octanol–water partition coefficient (Wildman–Crippen LogP) is 1.06. The molecule has 1 atom stereocenters. The van der Waals surface area contributed by atoms with Crippen molar-refractivity contribution in [2.75, 3.05) is 20.3 Å². The lowest BCUT2D eigenvalue weighted by atomic mass is 10.1. The highest BCUT2D eigenvalue weighted by atomic mass is 16.6.